The molecule has 0 heterocycles. The van der Waals surface area contributed by atoms with Crippen LogP contribution in [-0.2, 0) is 0 Å². The molecule has 13 heavy (non-hydrogen) atoms. The molecule has 1 aromatic rings. The zero-order chi connectivity index (χ0) is 10.9. The summed E-state index contributed by atoms with van der Waals surface area (Å²) in [6.07, 6.45) is 0. The van der Waals surface area contributed by atoms with E-state index in [1.807, 2.05) is 19.9 Å². The van der Waals surface area contributed by atoms with Gasteiger partial charge >= 0.3 is 0 Å². The van der Waals surface area contributed by atoms with Crippen LogP contribution in [-0.4, -0.2) is 0 Å². The van der Waals surface area contributed by atoms with Crippen LogP contribution in [0, 0.1) is 38.7 Å². The van der Waals surface area contributed by atoms with Gasteiger partial charge in [0, 0.05) is 0 Å². The fraction of sp³-hybridized carbons (Fsp3) is 0.273. The largest absolute Gasteiger partial charge is 0.236 e. The SMILES string of the molecule is [2H]c1c(C)c(C)c(C)c([N+]#[C-])c1C#N. The third-order valence-corrected chi connectivity index (χ3v) is 2.25. The first-order valence-corrected chi connectivity index (χ1v) is 3.92. The molecule has 1 aromatic carbocycles. The summed E-state index contributed by atoms with van der Waals surface area (Å²) in [5.74, 6) is 0. The number of benzene rings is 1. The zero-order valence-corrected chi connectivity index (χ0v) is 7.89. The van der Waals surface area contributed by atoms with Crippen molar-refractivity contribution in [2.45, 2.75) is 20.8 Å². The average Bonchev–Trinajstić information content (AvgIpc) is 2.20. The highest BCUT2D eigenvalue weighted by Crippen LogP contribution is 2.28. The predicted molar refractivity (Wildman–Crippen MR) is 51.6 cm³/mol. The van der Waals surface area contributed by atoms with Crippen LogP contribution in [0.15, 0.2) is 6.04 Å². The predicted octanol–water partition coefficient (Wildman–Crippen LogP) is 3.03. The Balaban J connectivity index is 3.79. The number of nitriles is 1. The van der Waals surface area contributed by atoms with Crippen LogP contribution in [0.3, 0.4) is 0 Å². The summed E-state index contributed by atoms with van der Waals surface area (Å²) < 4.78 is 7.71. The minimum Gasteiger partial charge on any atom is -0.236 e. The molecule has 0 spiro atoms. The van der Waals surface area contributed by atoms with Crippen LogP contribution in [0.25, 0.3) is 4.85 Å². The summed E-state index contributed by atoms with van der Waals surface area (Å²) in [6, 6.07) is 2.10. The van der Waals surface area contributed by atoms with Crippen molar-refractivity contribution in [3.63, 3.8) is 0 Å². The lowest BCUT2D eigenvalue weighted by molar-refractivity contribution is 1.26. The Labute approximate surface area is 79.7 Å². The number of hydrogen-bond donors (Lipinski definition) is 0. The fourth-order valence-electron chi connectivity index (χ4n) is 1.21. The molecular weight excluding hydrogens is 160 g/mol. The smallest absolute Gasteiger partial charge is 0.207 e. The molecule has 0 aromatic heterocycles. The van der Waals surface area contributed by atoms with Crippen LogP contribution >= 0.6 is 0 Å². The monoisotopic (exact) mass is 171 g/mol. The molecule has 0 saturated heterocycles. The first-order valence-electron chi connectivity index (χ1n) is 4.42. The lowest BCUT2D eigenvalue weighted by atomic mass is 9.99. The summed E-state index contributed by atoms with van der Waals surface area (Å²) in [7, 11) is 0. The molecule has 0 aliphatic heterocycles. The van der Waals surface area contributed by atoms with Gasteiger partial charge in [0.2, 0.25) is 5.69 Å². The van der Waals surface area contributed by atoms with Crippen LogP contribution < -0.4 is 0 Å². The molecule has 2 heteroatoms. The molecule has 0 N–H and O–H groups in total. The molecule has 0 aliphatic rings. The van der Waals surface area contributed by atoms with Gasteiger partial charge in [0.1, 0.15) is 0 Å². The summed E-state index contributed by atoms with van der Waals surface area (Å²) in [6.45, 7) is 12.5. The van der Waals surface area contributed by atoms with Crippen LogP contribution in [0.4, 0.5) is 5.69 Å². The van der Waals surface area contributed by atoms with Crippen molar-refractivity contribution in [3.8, 4) is 6.07 Å². The zero-order valence-electron chi connectivity index (χ0n) is 8.89. The molecule has 0 saturated carbocycles. The second-order valence-electron chi connectivity index (χ2n) is 2.95. The highest BCUT2D eigenvalue weighted by Gasteiger charge is 2.09. The third-order valence-electron chi connectivity index (χ3n) is 2.25. The minimum atomic E-state index is 0.182. The second-order valence-corrected chi connectivity index (χ2v) is 2.95. The summed E-state index contributed by atoms with van der Waals surface area (Å²) in [4.78, 5) is 3.31. The molecule has 64 valence electrons. The Kier molecular flexibility index (Phi) is 1.98. The van der Waals surface area contributed by atoms with E-state index in [9.17, 15) is 0 Å². The topological polar surface area (TPSA) is 28.1 Å². The van der Waals surface area contributed by atoms with E-state index in [0.29, 0.717) is 5.69 Å². The van der Waals surface area contributed by atoms with E-state index in [1.165, 1.54) is 0 Å². The van der Waals surface area contributed by atoms with Crippen LogP contribution in [0.5, 0.6) is 0 Å². The normalized spacial score (nSPS) is 10.1. The molecule has 0 aliphatic carbocycles. The fourth-order valence-corrected chi connectivity index (χ4v) is 1.21. The van der Waals surface area contributed by atoms with Crippen molar-refractivity contribution in [1.29, 1.82) is 5.26 Å². The molecule has 0 fully saturated rings. The Morgan fingerprint density at radius 3 is 2.54 bits per heavy atom. The minimum absolute atomic E-state index is 0.182. The van der Waals surface area contributed by atoms with E-state index in [-0.39, 0.29) is 11.6 Å². The van der Waals surface area contributed by atoms with E-state index in [4.69, 9.17) is 13.2 Å². The number of nitrogens with zero attached hydrogens (tertiary/aromatic N) is 2. The van der Waals surface area contributed by atoms with Crippen molar-refractivity contribution >= 4 is 5.69 Å². The first kappa shape index (κ1) is 7.83. The molecule has 0 unspecified atom stereocenters. The van der Waals surface area contributed by atoms with E-state index in [2.05, 4.69) is 4.85 Å². The second kappa shape index (κ2) is 3.29. The maximum atomic E-state index is 8.86. The van der Waals surface area contributed by atoms with Gasteiger partial charge in [-0.05, 0) is 31.9 Å². The van der Waals surface area contributed by atoms with Gasteiger partial charge in [-0.1, -0.05) is 11.6 Å². The lowest BCUT2D eigenvalue weighted by Crippen LogP contribution is -1.89. The van der Waals surface area contributed by atoms with E-state index < -0.39 is 0 Å². The van der Waals surface area contributed by atoms with E-state index in [0.717, 1.165) is 16.7 Å². The maximum Gasteiger partial charge on any atom is 0.207 e. The van der Waals surface area contributed by atoms with Crippen LogP contribution in [0.2, 0.25) is 0 Å². The molecule has 2 nitrogen and oxygen atoms in total. The molecule has 0 radical (unpaired) electrons. The quantitative estimate of drug-likeness (QED) is 0.551. The van der Waals surface area contributed by atoms with Crippen molar-refractivity contribution in [1.82, 2.24) is 0 Å². The Morgan fingerprint density at radius 1 is 1.46 bits per heavy atom. The van der Waals surface area contributed by atoms with Gasteiger partial charge in [-0.15, -0.1) is 0 Å². The van der Waals surface area contributed by atoms with Crippen molar-refractivity contribution < 1.29 is 1.37 Å². The summed E-state index contributed by atoms with van der Waals surface area (Å²) >= 11 is 0. The summed E-state index contributed by atoms with van der Waals surface area (Å²) in [5.41, 5.74) is 3.04. The van der Waals surface area contributed by atoms with E-state index in [1.54, 1.807) is 6.92 Å². The molecular formula is C11H10N2. The van der Waals surface area contributed by atoms with E-state index >= 15 is 0 Å². The van der Waals surface area contributed by atoms with Gasteiger partial charge in [-0.25, -0.2) is 4.85 Å². The highest BCUT2D eigenvalue weighted by molar-refractivity contribution is 5.66. The molecule has 0 atom stereocenters. The Bertz CT molecular complexity index is 431. The van der Waals surface area contributed by atoms with Crippen molar-refractivity contribution in [3.05, 3.63) is 39.7 Å². The van der Waals surface area contributed by atoms with Gasteiger partial charge in [-0.3, -0.25) is 0 Å². The Morgan fingerprint density at radius 2 is 2.08 bits per heavy atom. The molecule has 0 amide bonds. The molecule has 1 rings (SSSR count). The highest BCUT2D eigenvalue weighted by atomic mass is 14.7. The Hall–Kier alpha value is -1.80. The number of hydrogen-bond acceptors (Lipinski definition) is 1. The number of rotatable bonds is 0. The van der Waals surface area contributed by atoms with Crippen LogP contribution in [0.1, 0.15) is 23.6 Å². The first-order chi connectivity index (χ1) is 6.54. The van der Waals surface area contributed by atoms with Gasteiger partial charge in [0.25, 0.3) is 0 Å². The van der Waals surface area contributed by atoms with Gasteiger partial charge in [0.05, 0.1) is 19.6 Å². The maximum absolute atomic E-state index is 8.86. The van der Waals surface area contributed by atoms with Crippen molar-refractivity contribution in [2.75, 3.05) is 0 Å². The standard InChI is InChI=1S/C11H10N2/c1-7-5-10(6-12)11(13-4)9(3)8(7)2/h5H,1-3H3/i5D. The van der Waals surface area contributed by atoms with Gasteiger partial charge in [0.15, 0.2) is 0 Å². The molecule has 0 bridgehead atoms. The lowest BCUT2D eigenvalue weighted by Gasteiger charge is -2.07. The van der Waals surface area contributed by atoms with Crippen molar-refractivity contribution in [2.24, 2.45) is 0 Å². The third kappa shape index (κ3) is 1.39. The van der Waals surface area contributed by atoms with Gasteiger partial charge in [-0.2, -0.15) is 5.26 Å². The summed E-state index contributed by atoms with van der Waals surface area (Å²) in [5, 5.41) is 8.86. The average molecular weight is 171 g/mol. The van der Waals surface area contributed by atoms with Gasteiger partial charge < -0.3 is 0 Å².